The standard InChI is InChI=1S/C19H16Cl2N4O/c1-12-5-2-3-6-13(12)9-23-17-11-22-16(10-24-17)19(26)25-15-8-4-7-14(20)18(15)21/h2-8,10-11H,9H2,1H3,(H,23,24)(H,25,26). The van der Waals surface area contributed by atoms with E-state index in [1.165, 1.54) is 23.5 Å². The Labute approximate surface area is 161 Å². The van der Waals surface area contributed by atoms with Gasteiger partial charge in [0.25, 0.3) is 5.91 Å². The Bertz CT molecular complexity index is 929. The average Bonchev–Trinajstić information content (AvgIpc) is 2.65. The maximum atomic E-state index is 12.3. The van der Waals surface area contributed by atoms with Gasteiger partial charge in [-0.2, -0.15) is 0 Å². The van der Waals surface area contributed by atoms with Crippen LogP contribution in [0.25, 0.3) is 0 Å². The number of aryl methyl sites for hydroxylation is 1. The van der Waals surface area contributed by atoms with Crippen LogP contribution in [0.15, 0.2) is 54.9 Å². The molecule has 0 atom stereocenters. The molecule has 26 heavy (non-hydrogen) atoms. The molecule has 0 aliphatic carbocycles. The van der Waals surface area contributed by atoms with Crippen molar-refractivity contribution >= 4 is 40.6 Å². The Morgan fingerprint density at radius 3 is 2.58 bits per heavy atom. The third-order valence-electron chi connectivity index (χ3n) is 3.81. The van der Waals surface area contributed by atoms with Gasteiger partial charge in [-0.25, -0.2) is 9.97 Å². The Morgan fingerprint density at radius 1 is 1.04 bits per heavy atom. The number of benzene rings is 2. The van der Waals surface area contributed by atoms with Gasteiger partial charge >= 0.3 is 0 Å². The van der Waals surface area contributed by atoms with Gasteiger partial charge < -0.3 is 10.6 Å². The zero-order valence-corrected chi connectivity index (χ0v) is 15.5. The predicted molar refractivity (Wildman–Crippen MR) is 105 cm³/mol. The quantitative estimate of drug-likeness (QED) is 0.650. The largest absolute Gasteiger partial charge is 0.365 e. The van der Waals surface area contributed by atoms with E-state index in [-0.39, 0.29) is 10.7 Å². The lowest BCUT2D eigenvalue weighted by atomic mass is 10.1. The summed E-state index contributed by atoms with van der Waals surface area (Å²) in [5.74, 6) is 0.178. The molecule has 3 rings (SSSR count). The Balaban J connectivity index is 1.64. The van der Waals surface area contributed by atoms with Crippen molar-refractivity contribution in [3.8, 4) is 0 Å². The summed E-state index contributed by atoms with van der Waals surface area (Å²) in [5, 5.41) is 6.52. The van der Waals surface area contributed by atoms with Gasteiger partial charge in [0.15, 0.2) is 0 Å². The summed E-state index contributed by atoms with van der Waals surface area (Å²) in [5.41, 5.74) is 2.98. The minimum absolute atomic E-state index is 0.183. The highest BCUT2D eigenvalue weighted by atomic mass is 35.5. The molecular weight excluding hydrogens is 371 g/mol. The number of carbonyl (C=O) groups is 1. The molecule has 2 aromatic carbocycles. The third-order valence-corrected chi connectivity index (χ3v) is 4.62. The molecule has 0 fully saturated rings. The topological polar surface area (TPSA) is 66.9 Å². The number of aromatic nitrogens is 2. The van der Waals surface area contributed by atoms with E-state index in [2.05, 4.69) is 33.6 Å². The van der Waals surface area contributed by atoms with E-state index in [9.17, 15) is 4.79 Å². The number of halogens is 2. The SMILES string of the molecule is Cc1ccccc1CNc1cnc(C(=O)Nc2cccc(Cl)c2Cl)cn1. The maximum Gasteiger partial charge on any atom is 0.275 e. The number of nitrogens with one attached hydrogen (secondary N) is 2. The smallest absolute Gasteiger partial charge is 0.275 e. The van der Waals surface area contributed by atoms with Crippen molar-refractivity contribution in [1.82, 2.24) is 9.97 Å². The van der Waals surface area contributed by atoms with Crippen LogP contribution >= 0.6 is 23.2 Å². The minimum Gasteiger partial charge on any atom is -0.365 e. The molecule has 3 aromatic rings. The first-order valence-corrected chi connectivity index (χ1v) is 8.66. The number of hydrogen-bond acceptors (Lipinski definition) is 4. The molecule has 0 spiro atoms. The van der Waals surface area contributed by atoms with Crippen LogP contribution in [0.3, 0.4) is 0 Å². The molecule has 0 aliphatic heterocycles. The Kier molecular flexibility index (Phi) is 5.71. The van der Waals surface area contributed by atoms with Gasteiger partial charge in [0.1, 0.15) is 11.5 Å². The van der Waals surface area contributed by atoms with E-state index in [1.54, 1.807) is 18.2 Å². The molecule has 0 aliphatic rings. The molecule has 5 nitrogen and oxygen atoms in total. The molecule has 0 saturated carbocycles. The lowest BCUT2D eigenvalue weighted by molar-refractivity contribution is 0.102. The molecule has 132 valence electrons. The molecule has 1 aromatic heterocycles. The van der Waals surface area contributed by atoms with Crippen molar-refractivity contribution in [2.24, 2.45) is 0 Å². The van der Waals surface area contributed by atoms with Crippen molar-refractivity contribution in [2.75, 3.05) is 10.6 Å². The number of anilines is 2. The van der Waals surface area contributed by atoms with Crippen LogP contribution < -0.4 is 10.6 Å². The number of carbonyl (C=O) groups excluding carboxylic acids is 1. The van der Waals surface area contributed by atoms with E-state index >= 15 is 0 Å². The molecular formula is C19H16Cl2N4O. The van der Waals surface area contributed by atoms with Gasteiger partial charge in [-0.15, -0.1) is 0 Å². The fraction of sp³-hybridized carbons (Fsp3) is 0.105. The molecule has 0 radical (unpaired) electrons. The Morgan fingerprint density at radius 2 is 1.85 bits per heavy atom. The van der Waals surface area contributed by atoms with Crippen LogP contribution in [-0.2, 0) is 6.54 Å². The van der Waals surface area contributed by atoms with Crippen LogP contribution in [0.1, 0.15) is 21.6 Å². The van der Waals surface area contributed by atoms with Gasteiger partial charge in [-0.3, -0.25) is 4.79 Å². The zero-order valence-electron chi connectivity index (χ0n) is 14.0. The summed E-state index contributed by atoms with van der Waals surface area (Å²) in [4.78, 5) is 20.7. The first kappa shape index (κ1) is 18.2. The van der Waals surface area contributed by atoms with E-state index in [1.807, 2.05) is 18.2 Å². The Hall–Kier alpha value is -2.63. The molecule has 0 saturated heterocycles. The summed E-state index contributed by atoms with van der Waals surface area (Å²) < 4.78 is 0. The number of nitrogens with zero attached hydrogens (tertiary/aromatic N) is 2. The van der Waals surface area contributed by atoms with Crippen molar-refractivity contribution in [1.29, 1.82) is 0 Å². The molecule has 7 heteroatoms. The average molecular weight is 387 g/mol. The lowest BCUT2D eigenvalue weighted by Gasteiger charge is -2.09. The van der Waals surface area contributed by atoms with Crippen molar-refractivity contribution in [3.63, 3.8) is 0 Å². The number of hydrogen-bond donors (Lipinski definition) is 2. The van der Waals surface area contributed by atoms with Crippen molar-refractivity contribution < 1.29 is 4.79 Å². The maximum absolute atomic E-state index is 12.3. The van der Waals surface area contributed by atoms with Crippen LogP contribution in [0.4, 0.5) is 11.5 Å². The zero-order chi connectivity index (χ0) is 18.5. The second-order valence-corrected chi connectivity index (χ2v) is 6.41. The number of rotatable bonds is 5. The highest BCUT2D eigenvalue weighted by Gasteiger charge is 2.12. The minimum atomic E-state index is -0.410. The van der Waals surface area contributed by atoms with Gasteiger partial charge in [0.2, 0.25) is 0 Å². The molecule has 1 heterocycles. The first-order chi connectivity index (χ1) is 12.5. The highest BCUT2D eigenvalue weighted by molar-refractivity contribution is 6.44. The van der Waals surface area contributed by atoms with Gasteiger partial charge in [0.05, 0.1) is 28.1 Å². The van der Waals surface area contributed by atoms with Crippen LogP contribution in [-0.4, -0.2) is 15.9 Å². The third kappa shape index (κ3) is 4.31. The molecule has 0 bridgehead atoms. The summed E-state index contributed by atoms with van der Waals surface area (Å²) >= 11 is 12.0. The summed E-state index contributed by atoms with van der Waals surface area (Å²) in [7, 11) is 0. The predicted octanol–water partition coefficient (Wildman–Crippen LogP) is 4.96. The second kappa shape index (κ2) is 8.17. The normalized spacial score (nSPS) is 10.4. The van der Waals surface area contributed by atoms with Crippen molar-refractivity contribution in [2.45, 2.75) is 13.5 Å². The second-order valence-electron chi connectivity index (χ2n) is 5.62. The molecule has 0 unspecified atom stereocenters. The number of amides is 1. The van der Waals surface area contributed by atoms with Crippen LogP contribution in [0, 0.1) is 6.92 Å². The first-order valence-electron chi connectivity index (χ1n) is 7.90. The van der Waals surface area contributed by atoms with E-state index < -0.39 is 5.91 Å². The monoisotopic (exact) mass is 386 g/mol. The fourth-order valence-electron chi connectivity index (χ4n) is 2.32. The van der Waals surface area contributed by atoms with E-state index in [0.717, 1.165) is 0 Å². The molecule has 1 amide bonds. The van der Waals surface area contributed by atoms with E-state index in [4.69, 9.17) is 23.2 Å². The summed E-state index contributed by atoms with van der Waals surface area (Å²) in [6.45, 7) is 2.68. The summed E-state index contributed by atoms with van der Waals surface area (Å²) in [6.07, 6.45) is 2.93. The van der Waals surface area contributed by atoms with Gasteiger partial charge in [-0.05, 0) is 30.2 Å². The van der Waals surface area contributed by atoms with E-state index in [0.29, 0.717) is 23.1 Å². The fourth-order valence-corrected chi connectivity index (χ4v) is 2.67. The van der Waals surface area contributed by atoms with Crippen LogP contribution in [0.5, 0.6) is 0 Å². The van der Waals surface area contributed by atoms with Crippen molar-refractivity contribution in [3.05, 3.63) is 81.7 Å². The van der Waals surface area contributed by atoms with Gasteiger partial charge in [-0.1, -0.05) is 53.5 Å². The van der Waals surface area contributed by atoms with Crippen LogP contribution in [0.2, 0.25) is 10.0 Å². The lowest BCUT2D eigenvalue weighted by Crippen LogP contribution is -2.15. The summed E-state index contributed by atoms with van der Waals surface area (Å²) in [6, 6.07) is 13.1. The highest BCUT2D eigenvalue weighted by Crippen LogP contribution is 2.29. The van der Waals surface area contributed by atoms with Gasteiger partial charge in [0, 0.05) is 6.54 Å². The molecule has 2 N–H and O–H groups in total.